The fourth-order valence-electron chi connectivity index (χ4n) is 3.29. The normalized spacial score (nSPS) is 13.6. The van der Waals surface area contributed by atoms with Gasteiger partial charge in [-0.05, 0) is 29.3 Å². The summed E-state index contributed by atoms with van der Waals surface area (Å²) in [5.74, 6) is 0.330. The third-order valence-corrected chi connectivity index (χ3v) is 4.74. The van der Waals surface area contributed by atoms with Gasteiger partial charge < -0.3 is 29.2 Å². The van der Waals surface area contributed by atoms with Gasteiger partial charge in [0, 0.05) is 12.1 Å². The summed E-state index contributed by atoms with van der Waals surface area (Å²) < 4.78 is 22.4. The minimum Gasteiger partial charge on any atom is -0.508 e. The molecule has 2 N–H and O–H groups in total. The lowest BCUT2D eigenvalue weighted by atomic mass is 10.1. The molecular formula is C24H20O7. The molecule has 0 bridgehead atoms. The van der Waals surface area contributed by atoms with E-state index in [1.807, 2.05) is 30.3 Å². The van der Waals surface area contributed by atoms with Gasteiger partial charge in [-0.15, -0.1) is 0 Å². The third kappa shape index (κ3) is 3.98. The molecule has 3 aromatic carbocycles. The molecule has 1 aliphatic heterocycles. The molecule has 0 aliphatic carbocycles. The number of ketones is 1. The van der Waals surface area contributed by atoms with Crippen LogP contribution in [-0.4, -0.2) is 30.2 Å². The summed E-state index contributed by atoms with van der Waals surface area (Å²) in [7, 11) is 3.02. The van der Waals surface area contributed by atoms with E-state index in [1.54, 1.807) is 12.1 Å². The predicted molar refractivity (Wildman–Crippen MR) is 113 cm³/mol. The molecule has 0 fully saturated rings. The van der Waals surface area contributed by atoms with E-state index < -0.39 is 5.78 Å². The van der Waals surface area contributed by atoms with E-state index in [9.17, 15) is 15.0 Å². The predicted octanol–water partition coefficient (Wildman–Crippen LogP) is 4.31. The molecule has 0 saturated heterocycles. The zero-order chi connectivity index (χ0) is 22.0. The molecule has 31 heavy (non-hydrogen) atoms. The van der Waals surface area contributed by atoms with Crippen LogP contribution in [0.1, 0.15) is 21.5 Å². The first-order valence-electron chi connectivity index (χ1n) is 9.43. The molecule has 0 spiro atoms. The van der Waals surface area contributed by atoms with Crippen molar-refractivity contribution in [1.29, 1.82) is 0 Å². The average molecular weight is 420 g/mol. The minimum absolute atomic E-state index is 0.00189. The molecule has 1 heterocycles. The molecule has 158 valence electrons. The number of hydrogen-bond donors (Lipinski definition) is 2. The zero-order valence-electron chi connectivity index (χ0n) is 16.9. The van der Waals surface area contributed by atoms with Crippen molar-refractivity contribution in [2.45, 2.75) is 6.61 Å². The van der Waals surface area contributed by atoms with Gasteiger partial charge in [0.2, 0.25) is 11.5 Å². The molecule has 0 unspecified atom stereocenters. The Morgan fingerprint density at radius 2 is 1.65 bits per heavy atom. The Labute approximate surface area is 178 Å². The Hall–Kier alpha value is -4.13. The van der Waals surface area contributed by atoms with Crippen molar-refractivity contribution >= 4 is 11.9 Å². The summed E-state index contributed by atoms with van der Waals surface area (Å²) in [6.45, 7) is 0.327. The lowest BCUT2D eigenvalue weighted by Crippen LogP contribution is -2.02. The molecular weight excluding hydrogens is 400 g/mol. The highest BCUT2D eigenvalue weighted by molar-refractivity contribution is 6.16. The van der Waals surface area contributed by atoms with Gasteiger partial charge in [0.25, 0.3) is 0 Å². The molecule has 1 aliphatic rings. The molecule has 0 radical (unpaired) electrons. The van der Waals surface area contributed by atoms with Gasteiger partial charge in [-0.3, -0.25) is 4.79 Å². The SMILES string of the molecule is COc1cc(/C=C2\Oc3cc(O)cc(O)c3C2=O)cc(OC)c1OCc1ccccc1. The smallest absolute Gasteiger partial charge is 0.235 e. The number of allylic oxidation sites excluding steroid dienone is 1. The molecule has 0 amide bonds. The second-order valence-corrected chi connectivity index (χ2v) is 6.81. The second-order valence-electron chi connectivity index (χ2n) is 6.81. The summed E-state index contributed by atoms with van der Waals surface area (Å²) in [6.07, 6.45) is 1.50. The quantitative estimate of drug-likeness (QED) is 0.574. The van der Waals surface area contributed by atoms with E-state index >= 15 is 0 Å². The topological polar surface area (TPSA) is 94.5 Å². The Bertz CT molecular complexity index is 1140. The molecule has 0 saturated carbocycles. The Morgan fingerprint density at radius 1 is 0.968 bits per heavy atom. The summed E-state index contributed by atoms with van der Waals surface area (Å²) in [6, 6.07) is 15.4. The van der Waals surface area contributed by atoms with Crippen LogP contribution in [-0.2, 0) is 6.61 Å². The van der Waals surface area contributed by atoms with E-state index in [4.69, 9.17) is 18.9 Å². The van der Waals surface area contributed by atoms with E-state index in [1.165, 1.54) is 26.4 Å². The fourth-order valence-corrected chi connectivity index (χ4v) is 3.29. The van der Waals surface area contributed by atoms with Crippen LogP contribution in [0.2, 0.25) is 0 Å². The maximum absolute atomic E-state index is 12.6. The number of hydrogen-bond acceptors (Lipinski definition) is 7. The first-order chi connectivity index (χ1) is 15.0. The van der Waals surface area contributed by atoms with Crippen LogP contribution in [0.4, 0.5) is 0 Å². The highest BCUT2D eigenvalue weighted by Crippen LogP contribution is 2.42. The number of aromatic hydroxyl groups is 2. The highest BCUT2D eigenvalue weighted by Gasteiger charge is 2.31. The fraction of sp³-hybridized carbons (Fsp3) is 0.125. The molecule has 0 aromatic heterocycles. The van der Waals surface area contributed by atoms with E-state index in [2.05, 4.69) is 0 Å². The van der Waals surface area contributed by atoms with Gasteiger partial charge in [0.1, 0.15) is 29.4 Å². The zero-order valence-corrected chi connectivity index (χ0v) is 16.9. The maximum Gasteiger partial charge on any atom is 0.235 e. The number of methoxy groups -OCH3 is 2. The van der Waals surface area contributed by atoms with Crippen LogP contribution in [0.25, 0.3) is 6.08 Å². The number of ether oxygens (including phenoxy) is 4. The maximum atomic E-state index is 12.6. The number of phenolic OH excluding ortho intramolecular Hbond substituents is 2. The van der Waals surface area contributed by atoms with Crippen molar-refractivity contribution in [3.05, 3.63) is 77.0 Å². The van der Waals surface area contributed by atoms with Gasteiger partial charge >= 0.3 is 0 Å². The highest BCUT2D eigenvalue weighted by atomic mass is 16.5. The summed E-state index contributed by atoms with van der Waals surface area (Å²) in [5.41, 5.74) is 1.56. The number of carbonyl (C=O) groups is 1. The minimum atomic E-state index is -0.491. The Balaban J connectivity index is 1.65. The number of rotatable bonds is 6. The molecule has 7 nitrogen and oxygen atoms in total. The molecule has 4 rings (SSSR count). The lowest BCUT2D eigenvalue weighted by molar-refractivity contribution is 0.101. The summed E-state index contributed by atoms with van der Waals surface area (Å²) >= 11 is 0. The van der Waals surface area contributed by atoms with Gasteiger partial charge in [-0.1, -0.05) is 30.3 Å². The van der Waals surface area contributed by atoms with Gasteiger partial charge in [0.05, 0.1) is 14.2 Å². The number of benzene rings is 3. The van der Waals surface area contributed by atoms with Crippen LogP contribution >= 0.6 is 0 Å². The average Bonchev–Trinajstić information content (AvgIpc) is 3.07. The van der Waals surface area contributed by atoms with Crippen LogP contribution in [0.5, 0.6) is 34.5 Å². The first kappa shape index (κ1) is 20.2. The van der Waals surface area contributed by atoms with Crippen molar-refractivity contribution in [1.82, 2.24) is 0 Å². The molecule has 0 atom stereocenters. The van der Waals surface area contributed by atoms with Crippen LogP contribution in [0, 0.1) is 0 Å². The first-order valence-corrected chi connectivity index (χ1v) is 9.43. The van der Waals surface area contributed by atoms with E-state index in [0.717, 1.165) is 11.6 Å². The van der Waals surface area contributed by atoms with Crippen molar-refractivity contribution in [3.63, 3.8) is 0 Å². The van der Waals surface area contributed by atoms with Crippen LogP contribution in [0.3, 0.4) is 0 Å². The van der Waals surface area contributed by atoms with Gasteiger partial charge in [0.15, 0.2) is 17.3 Å². The Kier molecular flexibility index (Phi) is 5.41. The number of phenols is 2. The van der Waals surface area contributed by atoms with Crippen molar-refractivity contribution in [3.8, 4) is 34.5 Å². The lowest BCUT2D eigenvalue weighted by Gasteiger charge is -2.15. The standard InChI is InChI=1S/C24H20O7/c1-28-20-9-15(8-19-23(27)22-17(26)11-16(25)12-18(22)31-19)10-21(29-2)24(20)30-13-14-6-4-3-5-7-14/h3-12,25-26H,13H2,1-2H3/b19-8-. The third-order valence-electron chi connectivity index (χ3n) is 4.74. The largest absolute Gasteiger partial charge is 0.508 e. The van der Waals surface area contributed by atoms with Crippen molar-refractivity contribution in [2.24, 2.45) is 0 Å². The van der Waals surface area contributed by atoms with Crippen molar-refractivity contribution < 1.29 is 34.0 Å². The number of carbonyl (C=O) groups excluding carboxylic acids is 1. The monoisotopic (exact) mass is 420 g/mol. The van der Waals surface area contributed by atoms with Gasteiger partial charge in [-0.25, -0.2) is 0 Å². The van der Waals surface area contributed by atoms with Crippen LogP contribution in [0.15, 0.2) is 60.4 Å². The molecule has 7 heteroatoms. The number of Topliss-reactive ketones (excluding diaryl/α,β-unsaturated/α-hetero) is 1. The van der Waals surface area contributed by atoms with Gasteiger partial charge in [-0.2, -0.15) is 0 Å². The summed E-state index contributed by atoms with van der Waals surface area (Å²) in [5, 5.41) is 19.6. The van der Waals surface area contributed by atoms with Crippen LogP contribution < -0.4 is 18.9 Å². The molecule has 3 aromatic rings. The van der Waals surface area contributed by atoms with E-state index in [0.29, 0.717) is 29.4 Å². The van der Waals surface area contributed by atoms with E-state index in [-0.39, 0.29) is 28.6 Å². The summed E-state index contributed by atoms with van der Waals surface area (Å²) in [4.78, 5) is 12.6. The van der Waals surface area contributed by atoms with Crippen molar-refractivity contribution in [2.75, 3.05) is 14.2 Å². The Morgan fingerprint density at radius 3 is 2.29 bits per heavy atom. The second kappa shape index (κ2) is 8.31. The number of fused-ring (bicyclic) bond motifs is 1.